The summed E-state index contributed by atoms with van der Waals surface area (Å²) in [7, 11) is 0. The lowest BCUT2D eigenvalue weighted by Gasteiger charge is -2.16. The zero-order chi connectivity index (χ0) is 15.9. The smallest absolute Gasteiger partial charge is 0.416 e. The largest absolute Gasteiger partial charge is 0.434 e. The van der Waals surface area contributed by atoms with E-state index in [1.807, 2.05) is 0 Å². The molecule has 0 amide bonds. The Balaban J connectivity index is 1.88. The summed E-state index contributed by atoms with van der Waals surface area (Å²) in [6.07, 6.45) is -5.24. The summed E-state index contributed by atoms with van der Waals surface area (Å²) in [5.41, 5.74) is 0.447. The Morgan fingerprint density at radius 1 is 1.14 bits per heavy atom. The summed E-state index contributed by atoms with van der Waals surface area (Å²) in [5, 5.41) is 2.73. The number of ether oxygens (including phenoxy) is 1. The maximum Gasteiger partial charge on any atom is 0.416 e. The number of halogens is 4. The van der Waals surface area contributed by atoms with Crippen molar-refractivity contribution in [3.63, 3.8) is 0 Å². The van der Waals surface area contributed by atoms with Gasteiger partial charge in [0, 0.05) is 5.56 Å². The number of carbonyl (C=O) groups excluding carboxylic acids is 1. The molecule has 1 aliphatic rings. The normalized spacial score (nSPS) is 17.1. The number of carbonyl (C=O) groups is 1. The number of anilines is 1. The van der Waals surface area contributed by atoms with Crippen molar-refractivity contribution in [3.05, 3.63) is 64.2 Å². The molecule has 0 spiro atoms. The molecule has 0 unspecified atom stereocenters. The first kappa shape index (κ1) is 14.7. The minimum absolute atomic E-state index is 0.102. The lowest BCUT2D eigenvalue weighted by Crippen LogP contribution is -2.11. The zero-order valence-corrected chi connectivity index (χ0v) is 11.7. The number of cyclic esters (lactones) is 1. The minimum atomic E-state index is -4.46. The van der Waals surface area contributed by atoms with Crippen LogP contribution in [-0.2, 0) is 10.9 Å². The van der Waals surface area contributed by atoms with E-state index in [-0.39, 0.29) is 10.7 Å². The lowest BCUT2D eigenvalue weighted by atomic mass is 10.1. The van der Waals surface area contributed by atoms with Crippen LogP contribution in [0.1, 0.15) is 27.7 Å². The van der Waals surface area contributed by atoms with Gasteiger partial charge in [-0.05, 0) is 24.3 Å². The molecular formula is C15H9ClF3NO2. The molecule has 1 atom stereocenters. The first-order valence-corrected chi connectivity index (χ1v) is 6.67. The van der Waals surface area contributed by atoms with Crippen LogP contribution >= 0.6 is 11.6 Å². The highest BCUT2D eigenvalue weighted by atomic mass is 35.5. The third-order valence-corrected chi connectivity index (χ3v) is 3.58. The SMILES string of the molecule is O=C1O[C@H](Nc2ccc(C(F)(F)F)cc2Cl)c2ccccc21. The number of benzene rings is 2. The number of hydrogen-bond acceptors (Lipinski definition) is 3. The van der Waals surface area contributed by atoms with Crippen LogP contribution in [-0.4, -0.2) is 5.97 Å². The second-order valence-corrected chi connectivity index (χ2v) is 5.12. The van der Waals surface area contributed by atoms with E-state index in [1.165, 1.54) is 6.07 Å². The fraction of sp³-hybridized carbons (Fsp3) is 0.133. The van der Waals surface area contributed by atoms with Gasteiger partial charge in [0.1, 0.15) is 0 Å². The van der Waals surface area contributed by atoms with Crippen molar-refractivity contribution >= 4 is 23.3 Å². The van der Waals surface area contributed by atoms with Crippen LogP contribution in [0, 0.1) is 0 Å². The topological polar surface area (TPSA) is 38.3 Å². The lowest BCUT2D eigenvalue weighted by molar-refractivity contribution is -0.137. The maximum absolute atomic E-state index is 12.6. The van der Waals surface area contributed by atoms with Gasteiger partial charge in [-0.15, -0.1) is 0 Å². The number of hydrogen-bond donors (Lipinski definition) is 1. The van der Waals surface area contributed by atoms with Gasteiger partial charge in [0.25, 0.3) is 0 Å². The van der Waals surface area contributed by atoms with Crippen molar-refractivity contribution in [2.75, 3.05) is 5.32 Å². The summed E-state index contributed by atoms with van der Waals surface area (Å²) >= 11 is 5.87. The molecule has 114 valence electrons. The molecule has 1 heterocycles. The summed E-state index contributed by atoms with van der Waals surface area (Å²) in [4.78, 5) is 11.7. The van der Waals surface area contributed by atoms with Crippen molar-refractivity contribution in [1.82, 2.24) is 0 Å². The van der Waals surface area contributed by atoms with Crippen molar-refractivity contribution in [3.8, 4) is 0 Å². The van der Waals surface area contributed by atoms with Gasteiger partial charge in [-0.2, -0.15) is 13.2 Å². The molecule has 7 heteroatoms. The van der Waals surface area contributed by atoms with Crippen LogP contribution in [0.2, 0.25) is 5.02 Å². The predicted molar refractivity (Wildman–Crippen MR) is 74.7 cm³/mol. The molecule has 0 saturated carbocycles. The number of nitrogens with one attached hydrogen (secondary N) is 1. The average Bonchev–Trinajstić information content (AvgIpc) is 2.77. The molecular weight excluding hydrogens is 319 g/mol. The highest BCUT2D eigenvalue weighted by molar-refractivity contribution is 6.33. The number of alkyl halides is 3. The second kappa shape index (κ2) is 5.21. The molecule has 22 heavy (non-hydrogen) atoms. The van der Waals surface area contributed by atoms with Gasteiger partial charge in [-0.3, -0.25) is 0 Å². The fourth-order valence-corrected chi connectivity index (χ4v) is 2.44. The second-order valence-electron chi connectivity index (χ2n) is 4.71. The van der Waals surface area contributed by atoms with E-state index in [2.05, 4.69) is 5.32 Å². The molecule has 0 bridgehead atoms. The number of fused-ring (bicyclic) bond motifs is 1. The standard InChI is InChI=1S/C15H9ClF3NO2/c16-11-7-8(15(17,18)19)5-6-12(11)20-13-9-3-1-2-4-10(9)14(21)22-13/h1-7,13,20H/t13-/m0/s1. The van der Waals surface area contributed by atoms with Gasteiger partial charge in [0.15, 0.2) is 0 Å². The van der Waals surface area contributed by atoms with Gasteiger partial charge < -0.3 is 10.1 Å². The highest BCUT2D eigenvalue weighted by Crippen LogP contribution is 2.37. The van der Waals surface area contributed by atoms with Crippen LogP contribution in [0.3, 0.4) is 0 Å². The number of rotatable bonds is 2. The van der Waals surface area contributed by atoms with E-state index in [9.17, 15) is 18.0 Å². The molecule has 0 aromatic heterocycles. The third-order valence-electron chi connectivity index (χ3n) is 3.27. The summed E-state index contributed by atoms with van der Waals surface area (Å²) < 4.78 is 43.0. The van der Waals surface area contributed by atoms with Gasteiger partial charge in [0.2, 0.25) is 6.23 Å². The summed E-state index contributed by atoms with van der Waals surface area (Å²) in [6.45, 7) is 0. The van der Waals surface area contributed by atoms with E-state index in [0.29, 0.717) is 11.1 Å². The Hall–Kier alpha value is -2.21. The number of esters is 1. The molecule has 3 nitrogen and oxygen atoms in total. The van der Waals surface area contributed by atoms with Crippen molar-refractivity contribution < 1.29 is 22.7 Å². The fourth-order valence-electron chi connectivity index (χ4n) is 2.20. The Labute approximate surface area is 128 Å². The first-order valence-electron chi connectivity index (χ1n) is 6.29. The van der Waals surface area contributed by atoms with E-state index in [0.717, 1.165) is 12.1 Å². The quantitative estimate of drug-likeness (QED) is 0.817. The molecule has 0 radical (unpaired) electrons. The molecule has 0 fully saturated rings. The maximum atomic E-state index is 12.6. The van der Waals surface area contributed by atoms with Crippen LogP contribution in [0.5, 0.6) is 0 Å². The Bertz CT molecular complexity index is 746. The molecule has 1 N–H and O–H groups in total. The van der Waals surface area contributed by atoms with Crippen LogP contribution in [0.15, 0.2) is 42.5 Å². The van der Waals surface area contributed by atoms with Crippen LogP contribution < -0.4 is 5.32 Å². The Kier molecular flexibility index (Phi) is 3.48. The van der Waals surface area contributed by atoms with Crippen molar-refractivity contribution in [1.29, 1.82) is 0 Å². The molecule has 2 aromatic rings. The summed E-state index contributed by atoms with van der Waals surface area (Å²) in [5.74, 6) is -0.490. The molecule has 0 saturated heterocycles. The third kappa shape index (κ3) is 2.62. The summed E-state index contributed by atoms with van der Waals surface area (Å²) in [6, 6.07) is 9.71. The van der Waals surface area contributed by atoms with Gasteiger partial charge >= 0.3 is 12.1 Å². The van der Waals surface area contributed by atoms with Crippen LogP contribution in [0.4, 0.5) is 18.9 Å². The van der Waals surface area contributed by atoms with Crippen molar-refractivity contribution in [2.45, 2.75) is 12.4 Å². The molecule has 1 aliphatic heterocycles. The first-order chi connectivity index (χ1) is 10.4. The molecule has 2 aromatic carbocycles. The van der Waals surface area contributed by atoms with E-state index < -0.39 is 23.9 Å². The predicted octanol–water partition coefficient (Wildman–Crippen LogP) is 4.64. The van der Waals surface area contributed by atoms with Crippen molar-refractivity contribution in [2.24, 2.45) is 0 Å². The Morgan fingerprint density at radius 3 is 2.55 bits per heavy atom. The van der Waals surface area contributed by atoms with Gasteiger partial charge in [-0.25, -0.2) is 4.79 Å². The minimum Gasteiger partial charge on any atom is -0.434 e. The van der Waals surface area contributed by atoms with E-state index in [1.54, 1.807) is 24.3 Å². The van der Waals surface area contributed by atoms with Gasteiger partial charge in [0.05, 0.1) is 21.8 Å². The Morgan fingerprint density at radius 2 is 1.86 bits per heavy atom. The van der Waals surface area contributed by atoms with E-state index in [4.69, 9.17) is 16.3 Å². The van der Waals surface area contributed by atoms with Gasteiger partial charge in [-0.1, -0.05) is 29.8 Å². The molecule has 0 aliphatic carbocycles. The van der Waals surface area contributed by atoms with Crippen LogP contribution in [0.25, 0.3) is 0 Å². The van der Waals surface area contributed by atoms with E-state index >= 15 is 0 Å². The monoisotopic (exact) mass is 327 g/mol. The highest BCUT2D eigenvalue weighted by Gasteiger charge is 2.33. The average molecular weight is 328 g/mol. The zero-order valence-electron chi connectivity index (χ0n) is 10.9. The molecule has 3 rings (SSSR count).